The Bertz CT molecular complexity index is 393. The molecule has 1 heterocycles. The summed E-state index contributed by atoms with van der Waals surface area (Å²) in [5.74, 6) is 0. The molecule has 15 heavy (non-hydrogen) atoms. The van der Waals surface area contributed by atoms with Gasteiger partial charge in [-0.3, -0.25) is 4.84 Å². The summed E-state index contributed by atoms with van der Waals surface area (Å²) in [7, 11) is -3.46. The van der Waals surface area contributed by atoms with E-state index in [4.69, 9.17) is 4.84 Å². The molecule has 0 atom stereocenters. The Hall–Kier alpha value is -0.430. The third kappa shape index (κ3) is 2.78. The molecule has 0 spiro atoms. The highest BCUT2D eigenvalue weighted by Gasteiger charge is 2.20. The van der Waals surface area contributed by atoms with E-state index < -0.39 is 10.0 Å². The summed E-state index contributed by atoms with van der Waals surface area (Å²) >= 11 is 1.18. The third-order valence-electron chi connectivity index (χ3n) is 2.39. The first-order valence-corrected chi connectivity index (χ1v) is 7.26. The van der Waals surface area contributed by atoms with Gasteiger partial charge in [-0.25, -0.2) is 8.42 Å². The summed E-state index contributed by atoms with van der Waals surface area (Å²) in [5, 5.41) is 1.73. The molecule has 2 rings (SSSR count). The van der Waals surface area contributed by atoms with Gasteiger partial charge in [-0.05, 0) is 24.3 Å². The molecule has 1 saturated carbocycles. The predicted octanol–water partition coefficient (Wildman–Crippen LogP) is 1.90. The van der Waals surface area contributed by atoms with Gasteiger partial charge < -0.3 is 0 Å². The summed E-state index contributed by atoms with van der Waals surface area (Å²) in [6, 6.07) is 3.26. The molecule has 1 fully saturated rings. The van der Waals surface area contributed by atoms with Gasteiger partial charge in [0.05, 0.1) is 6.10 Å². The number of hydrogen-bond acceptors (Lipinski definition) is 4. The fourth-order valence-electron chi connectivity index (χ4n) is 1.60. The van der Waals surface area contributed by atoms with E-state index in [2.05, 4.69) is 4.89 Å². The highest BCUT2D eigenvalue weighted by molar-refractivity contribution is 7.91. The predicted molar refractivity (Wildman–Crippen MR) is 58.0 cm³/mol. The largest absolute Gasteiger partial charge is 0.284 e. The van der Waals surface area contributed by atoms with Gasteiger partial charge in [-0.15, -0.1) is 11.3 Å². The van der Waals surface area contributed by atoms with Gasteiger partial charge in [0.15, 0.2) is 0 Å². The van der Waals surface area contributed by atoms with Crippen molar-refractivity contribution in [2.24, 2.45) is 0 Å². The summed E-state index contributed by atoms with van der Waals surface area (Å²) < 4.78 is 23.5. The lowest BCUT2D eigenvalue weighted by atomic mass is 10.3. The molecule has 84 valence electrons. The van der Waals surface area contributed by atoms with E-state index in [1.54, 1.807) is 17.5 Å². The van der Waals surface area contributed by atoms with Crippen molar-refractivity contribution in [2.45, 2.75) is 36.0 Å². The number of hydrogen-bond donors (Lipinski definition) is 1. The van der Waals surface area contributed by atoms with E-state index in [0.717, 1.165) is 25.7 Å². The second-order valence-electron chi connectivity index (χ2n) is 3.54. The minimum Gasteiger partial charge on any atom is -0.284 e. The summed E-state index contributed by atoms with van der Waals surface area (Å²) in [4.78, 5) is 7.35. The summed E-state index contributed by atoms with van der Waals surface area (Å²) in [6.07, 6.45) is 4.15. The number of rotatable bonds is 4. The van der Waals surface area contributed by atoms with E-state index in [1.807, 2.05) is 0 Å². The van der Waals surface area contributed by atoms with Crippen LogP contribution in [0.5, 0.6) is 0 Å². The third-order valence-corrected chi connectivity index (χ3v) is 4.98. The Morgan fingerprint density at radius 2 is 2.13 bits per heavy atom. The SMILES string of the molecule is O=S(=O)(NOC1CCCC1)c1cccs1. The quantitative estimate of drug-likeness (QED) is 0.827. The Kier molecular flexibility index (Phi) is 3.40. The van der Waals surface area contributed by atoms with Crippen molar-refractivity contribution in [1.29, 1.82) is 0 Å². The fourth-order valence-corrected chi connectivity index (χ4v) is 3.42. The zero-order chi connectivity index (χ0) is 10.7. The molecule has 1 aromatic heterocycles. The monoisotopic (exact) mass is 247 g/mol. The molecular weight excluding hydrogens is 234 g/mol. The number of thiophene rings is 1. The average molecular weight is 247 g/mol. The van der Waals surface area contributed by atoms with Crippen molar-refractivity contribution < 1.29 is 13.3 Å². The van der Waals surface area contributed by atoms with Crippen molar-refractivity contribution >= 4 is 21.4 Å². The van der Waals surface area contributed by atoms with Crippen LogP contribution in [0.4, 0.5) is 0 Å². The molecule has 1 aliphatic rings. The molecule has 0 aliphatic heterocycles. The van der Waals surface area contributed by atoms with E-state index in [-0.39, 0.29) is 6.10 Å². The minimum absolute atomic E-state index is 0.0414. The molecule has 4 nitrogen and oxygen atoms in total. The molecule has 1 aromatic rings. The standard InChI is InChI=1S/C9H13NO3S2/c11-15(12,9-6-3-7-14-9)10-13-8-4-1-2-5-8/h3,6-8,10H,1-2,4-5H2. The summed E-state index contributed by atoms with van der Waals surface area (Å²) in [6.45, 7) is 0. The van der Waals surface area contributed by atoms with Crippen molar-refractivity contribution in [3.05, 3.63) is 17.5 Å². The fraction of sp³-hybridized carbons (Fsp3) is 0.556. The van der Waals surface area contributed by atoms with E-state index in [0.29, 0.717) is 4.21 Å². The lowest BCUT2D eigenvalue weighted by Gasteiger charge is -2.10. The van der Waals surface area contributed by atoms with Crippen LogP contribution >= 0.6 is 11.3 Å². The lowest BCUT2D eigenvalue weighted by molar-refractivity contribution is 0.0224. The number of nitrogens with one attached hydrogen (secondary N) is 1. The Balaban J connectivity index is 1.93. The molecular formula is C9H13NO3S2. The van der Waals surface area contributed by atoms with Crippen LogP contribution in [0.2, 0.25) is 0 Å². The smallest absolute Gasteiger partial charge is 0.271 e. The highest BCUT2D eigenvalue weighted by atomic mass is 32.2. The Morgan fingerprint density at radius 1 is 1.40 bits per heavy atom. The van der Waals surface area contributed by atoms with Crippen LogP contribution in [-0.4, -0.2) is 14.5 Å². The van der Waals surface area contributed by atoms with Crippen molar-refractivity contribution in [3.63, 3.8) is 0 Å². The summed E-state index contributed by atoms with van der Waals surface area (Å²) in [5.41, 5.74) is 0. The minimum atomic E-state index is -3.46. The van der Waals surface area contributed by atoms with E-state index in [1.165, 1.54) is 11.3 Å². The van der Waals surface area contributed by atoms with Crippen LogP contribution in [0.3, 0.4) is 0 Å². The molecule has 6 heteroatoms. The average Bonchev–Trinajstić information content (AvgIpc) is 2.88. The topological polar surface area (TPSA) is 55.4 Å². The maximum Gasteiger partial charge on any atom is 0.271 e. The van der Waals surface area contributed by atoms with Gasteiger partial charge in [-0.2, -0.15) is 0 Å². The second-order valence-corrected chi connectivity index (χ2v) is 6.36. The van der Waals surface area contributed by atoms with Gasteiger partial charge in [0, 0.05) is 0 Å². The molecule has 0 radical (unpaired) electrons. The van der Waals surface area contributed by atoms with Gasteiger partial charge >= 0.3 is 0 Å². The van der Waals surface area contributed by atoms with Gasteiger partial charge in [-0.1, -0.05) is 23.8 Å². The first-order valence-electron chi connectivity index (χ1n) is 4.89. The molecule has 0 aromatic carbocycles. The normalized spacial score (nSPS) is 18.4. The second kappa shape index (κ2) is 4.61. The van der Waals surface area contributed by atoms with E-state index in [9.17, 15) is 8.42 Å². The molecule has 0 amide bonds. The molecule has 1 aliphatic carbocycles. The van der Waals surface area contributed by atoms with Crippen LogP contribution in [0, 0.1) is 0 Å². The highest BCUT2D eigenvalue weighted by Crippen LogP contribution is 2.21. The molecule has 0 unspecified atom stereocenters. The van der Waals surface area contributed by atoms with Crippen LogP contribution in [-0.2, 0) is 14.9 Å². The first-order chi connectivity index (χ1) is 7.18. The first kappa shape index (κ1) is 11.1. The lowest BCUT2D eigenvalue weighted by Crippen LogP contribution is -2.27. The van der Waals surface area contributed by atoms with Gasteiger partial charge in [0.2, 0.25) is 0 Å². The van der Waals surface area contributed by atoms with Crippen LogP contribution in [0.15, 0.2) is 21.7 Å². The molecule has 0 bridgehead atoms. The Morgan fingerprint density at radius 3 is 2.73 bits per heavy atom. The van der Waals surface area contributed by atoms with E-state index >= 15 is 0 Å². The van der Waals surface area contributed by atoms with Crippen molar-refractivity contribution in [2.75, 3.05) is 0 Å². The zero-order valence-corrected chi connectivity index (χ0v) is 9.81. The zero-order valence-electron chi connectivity index (χ0n) is 8.18. The van der Waals surface area contributed by atoms with Gasteiger partial charge in [0.25, 0.3) is 10.0 Å². The van der Waals surface area contributed by atoms with Crippen LogP contribution in [0.25, 0.3) is 0 Å². The maximum atomic E-state index is 11.6. The maximum absolute atomic E-state index is 11.6. The van der Waals surface area contributed by atoms with Crippen molar-refractivity contribution in [3.8, 4) is 0 Å². The molecule has 1 N–H and O–H groups in total. The Labute approximate surface area is 93.3 Å². The van der Waals surface area contributed by atoms with Crippen LogP contribution in [0.1, 0.15) is 25.7 Å². The van der Waals surface area contributed by atoms with Crippen LogP contribution < -0.4 is 4.89 Å². The van der Waals surface area contributed by atoms with Crippen molar-refractivity contribution in [1.82, 2.24) is 4.89 Å². The molecule has 0 saturated heterocycles. The number of sulfonamides is 1. The van der Waals surface area contributed by atoms with Gasteiger partial charge in [0.1, 0.15) is 4.21 Å².